The summed E-state index contributed by atoms with van der Waals surface area (Å²) in [7, 11) is 0. The molecule has 0 unspecified atom stereocenters. The molecule has 0 aromatic heterocycles. The first-order valence-corrected chi connectivity index (χ1v) is 5.68. The van der Waals surface area contributed by atoms with E-state index in [4.69, 9.17) is 0 Å². The molecule has 1 rings (SSSR count). The molecule has 0 saturated carbocycles. The number of rotatable bonds is 4. The molecule has 0 aliphatic rings. The van der Waals surface area contributed by atoms with Crippen molar-refractivity contribution in [3.8, 4) is 0 Å². The summed E-state index contributed by atoms with van der Waals surface area (Å²) >= 11 is 0. The molecule has 0 N–H and O–H groups in total. The summed E-state index contributed by atoms with van der Waals surface area (Å²) in [6.45, 7) is 8.21. The van der Waals surface area contributed by atoms with E-state index in [0.717, 1.165) is 5.56 Å². The van der Waals surface area contributed by atoms with Gasteiger partial charge in [-0.25, -0.2) is 0 Å². The van der Waals surface area contributed by atoms with E-state index in [1.54, 1.807) is 0 Å². The minimum atomic E-state index is 0. The van der Waals surface area contributed by atoms with Gasteiger partial charge in [-0.3, -0.25) is 0 Å². The van der Waals surface area contributed by atoms with Crippen LogP contribution in [0.4, 0.5) is 0 Å². The van der Waals surface area contributed by atoms with E-state index in [-0.39, 0.29) is 18.9 Å². The molecule has 0 heterocycles. The monoisotopic (exact) mass is 198 g/mol. The first-order valence-electron chi connectivity index (χ1n) is 5.68. The molecule has 1 aromatic carbocycles. The van der Waals surface area contributed by atoms with Gasteiger partial charge in [0, 0.05) is 0 Å². The van der Waals surface area contributed by atoms with Gasteiger partial charge < -0.3 is 0 Å². The number of unbranched alkanes of at least 4 members (excludes halogenated alkanes) is 4. The van der Waals surface area contributed by atoms with Crippen molar-refractivity contribution in [2.75, 3.05) is 0 Å². The SMILES string of the molecule is CCCCCCC.[CH2-]c1ccccc1.[Li+]. The largest absolute Gasteiger partial charge is 1.00 e. The fourth-order valence-corrected chi connectivity index (χ4v) is 1.15. The van der Waals surface area contributed by atoms with Crippen LogP contribution in [0.2, 0.25) is 0 Å². The summed E-state index contributed by atoms with van der Waals surface area (Å²) in [6, 6.07) is 9.87. The van der Waals surface area contributed by atoms with Crippen molar-refractivity contribution in [3.63, 3.8) is 0 Å². The van der Waals surface area contributed by atoms with Crippen molar-refractivity contribution in [1.29, 1.82) is 0 Å². The van der Waals surface area contributed by atoms with E-state index in [1.807, 2.05) is 30.3 Å². The van der Waals surface area contributed by atoms with Crippen molar-refractivity contribution in [1.82, 2.24) is 0 Å². The Labute approximate surface area is 108 Å². The van der Waals surface area contributed by atoms with Crippen molar-refractivity contribution in [2.24, 2.45) is 0 Å². The van der Waals surface area contributed by atoms with E-state index >= 15 is 0 Å². The molecule has 0 amide bonds. The molecular weight excluding hydrogens is 175 g/mol. The second kappa shape index (κ2) is 13.7. The molecule has 0 fully saturated rings. The maximum Gasteiger partial charge on any atom is 1.00 e. The molecular formula is C14H23Li. The molecule has 0 saturated heterocycles. The molecule has 0 atom stereocenters. The standard InChI is InChI=1S/C7H7.C7H16.Li/c1-7-5-3-2-4-6-7;1-3-5-7-6-4-2;/h2-6H,1H2;3-7H2,1-2H3;/q-1;;+1. The first kappa shape index (κ1) is 17.1. The molecule has 0 aliphatic heterocycles. The molecule has 0 radical (unpaired) electrons. The Kier molecular flexibility index (Phi) is 15.6. The van der Waals surface area contributed by atoms with Gasteiger partial charge in [0.2, 0.25) is 0 Å². The first-order chi connectivity index (χ1) is 6.81. The van der Waals surface area contributed by atoms with Gasteiger partial charge in [0.1, 0.15) is 0 Å². The van der Waals surface area contributed by atoms with Gasteiger partial charge in [-0.15, -0.1) is 12.1 Å². The third-order valence-corrected chi connectivity index (χ3v) is 2.05. The molecule has 80 valence electrons. The van der Waals surface area contributed by atoms with Crippen LogP contribution in [0.3, 0.4) is 0 Å². The molecule has 15 heavy (non-hydrogen) atoms. The minimum absolute atomic E-state index is 0. The Morgan fingerprint density at radius 3 is 1.60 bits per heavy atom. The van der Waals surface area contributed by atoms with Crippen LogP contribution < -0.4 is 18.9 Å². The predicted octanol–water partition coefficient (Wildman–Crippen LogP) is 1.85. The summed E-state index contributed by atoms with van der Waals surface area (Å²) < 4.78 is 0. The van der Waals surface area contributed by atoms with Gasteiger partial charge >= 0.3 is 18.9 Å². The van der Waals surface area contributed by atoms with Crippen molar-refractivity contribution < 1.29 is 18.9 Å². The quantitative estimate of drug-likeness (QED) is 0.393. The van der Waals surface area contributed by atoms with Gasteiger partial charge in [-0.05, 0) is 0 Å². The fraction of sp³-hybridized carbons (Fsp3) is 0.500. The fourth-order valence-electron chi connectivity index (χ4n) is 1.15. The Morgan fingerprint density at radius 1 is 0.867 bits per heavy atom. The number of hydrogen-bond acceptors (Lipinski definition) is 0. The summed E-state index contributed by atoms with van der Waals surface area (Å²) in [5.74, 6) is 0. The molecule has 0 aliphatic carbocycles. The van der Waals surface area contributed by atoms with E-state index in [1.165, 1.54) is 32.1 Å². The average Bonchev–Trinajstić information content (AvgIpc) is 2.21. The Morgan fingerprint density at radius 2 is 1.33 bits per heavy atom. The Balaban J connectivity index is 0. The minimum Gasteiger partial charge on any atom is -0.199 e. The smallest absolute Gasteiger partial charge is 0.199 e. The van der Waals surface area contributed by atoms with Crippen LogP contribution in [0.15, 0.2) is 30.3 Å². The molecule has 0 spiro atoms. The number of hydrogen-bond donors (Lipinski definition) is 0. The Bertz CT molecular complexity index is 190. The molecule has 0 nitrogen and oxygen atoms in total. The van der Waals surface area contributed by atoms with Crippen LogP contribution in [0.25, 0.3) is 0 Å². The third-order valence-electron chi connectivity index (χ3n) is 2.05. The van der Waals surface area contributed by atoms with Crippen LogP contribution in [0.5, 0.6) is 0 Å². The number of benzene rings is 1. The third kappa shape index (κ3) is 13.7. The second-order valence-electron chi connectivity index (χ2n) is 3.55. The van der Waals surface area contributed by atoms with Crippen LogP contribution in [0.1, 0.15) is 51.5 Å². The summed E-state index contributed by atoms with van der Waals surface area (Å²) in [4.78, 5) is 0. The van der Waals surface area contributed by atoms with Crippen LogP contribution >= 0.6 is 0 Å². The zero-order valence-electron chi connectivity index (χ0n) is 10.6. The normalized spacial score (nSPS) is 8.40. The van der Waals surface area contributed by atoms with Crippen LogP contribution in [-0.2, 0) is 0 Å². The molecule has 1 aromatic rings. The van der Waals surface area contributed by atoms with Crippen LogP contribution in [-0.4, -0.2) is 0 Å². The van der Waals surface area contributed by atoms with Crippen molar-refractivity contribution in [3.05, 3.63) is 42.8 Å². The van der Waals surface area contributed by atoms with Gasteiger partial charge in [0.25, 0.3) is 0 Å². The van der Waals surface area contributed by atoms with E-state index in [9.17, 15) is 0 Å². The zero-order chi connectivity index (χ0) is 10.6. The van der Waals surface area contributed by atoms with E-state index < -0.39 is 0 Å². The summed E-state index contributed by atoms with van der Waals surface area (Å²) in [5, 5.41) is 0. The van der Waals surface area contributed by atoms with Gasteiger partial charge in [-0.1, -0.05) is 52.0 Å². The van der Waals surface area contributed by atoms with Crippen molar-refractivity contribution >= 4 is 0 Å². The predicted molar refractivity (Wildman–Crippen MR) is 65.3 cm³/mol. The van der Waals surface area contributed by atoms with Gasteiger partial charge in [0.15, 0.2) is 0 Å². The van der Waals surface area contributed by atoms with Gasteiger partial charge in [0.05, 0.1) is 0 Å². The van der Waals surface area contributed by atoms with Crippen molar-refractivity contribution in [2.45, 2.75) is 46.0 Å². The maximum atomic E-state index is 3.72. The second-order valence-corrected chi connectivity index (χ2v) is 3.55. The topological polar surface area (TPSA) is 0 Å². The maximum absolute atomic E-state index is 3.72. The van der Waals surface area contributed by atoms with Crippen LogP contribution in [0, 0.1) is 6.92 Å². The Hall–Kier alpha value is -0.313. The molecule has 0 bridgehead atoms. The van der Waals surface area contributed by atoms with E-state index in [2.05, 4.69) is 20.8 Å². The zero-order valence-corrected chi connectivity index (χ0v) is 10.6. The van der Waals surface area contributed by atoms with Gasteiger partial charge in [-0.2, -0.15) is 24.6 Å². The summed E-state index contributed by atoms with van der Waals surface area (Å²) in [5.41, 5.74) is 1.07. The average molecular weight is 198 g/mol. The molecule has 1 heteroatoms. The van der Waals surface area contributed by atoms with E-state index in [0.29, 0.717) is 0 Å². The summed E-state index contributed by atoms with van der Waals surface area (Å²) in [6.07, 6.45) is 7.01.